The molecule has 16 heavy (non-hydrogen) atoms. The van der Waals surface area contributed by atoms with Crippen LogP contribution in [0.1, 0.15) is 23.7 Å². The quantitative estimate of drug-likeness (QED) is 0.820. The third-order valence-electron chi connectivity index (χ3n) is 1.96. The zero-order valence-electron chi connectivity index (χ0n) is 8.61. The summed E-state index contributed by atoms with van der Waals surface area (Å²) >= 11 is 1.24. The number of aromatic carboxylic acids is 1. The monoisotopic (exact) mass is 239 g/mol. The fraction of sp³-hybridized carbons (Fsp3) is 0.273. The van der Waals surface area contributed by atoms with Crippen LogP contribution >= 0.6 is 11.8 Å². The van der Waals surface area contributed by atoms with Crippen LogP contribution in [0.15, 0.2) is 23.1 Å². The lowest BCUT2D eigenvalue weighted by Crippen LogP contribution is -2.01. The first-order valence-corrected chi connectivity index (χ1v) is 5.55. The molecule has 1 unspecified atom stereocenters. The summed E-state index contributed by atoms with van der Waals surface area (Å²) in [6, 6.07) is 5.92. The summed E-state index contributed by atoms with van der Waals surface area (Å²) < 4.78 is 13.1. The van der Waals surface area contributed by atoms with Gasteiger partial charge in [0.2, 0.25) is 0 Å². The van der Waals surface area contributed by atoms with Gasteiger partial charge in [-0.3, -0.25) is 0 Å². The first-order valence-electron chi connectivity index (χ1n) is 4.67. The number of carbonyl (C=O) groups is 1. The number of benzene rings is 1. The molecule has 0 aliphatic rings. The summed E-state index contributed by atoms with van der Waals surface area (Å²) in [6.45, 7) is 1.86. The maximum atomic E-state index is 13.1. The number of hydrogen-bond donors (Lipinski definition) is 1. The second-order valence-corrected chi connectivity index (χ2v) is 4.37. The van der Waals surface area contributed by atoms with E-state index in [1.807, 2.05) is 6.92 Å². The van der Waals surface area contributed by atoms with E-state index in [1.165, 1.54) is 23.9 Å². The minimum absolute atomic E-state index is 0.243. The molecule has 0 aliphatic carbocycles. The van der Waals surface area contributed by atoms with Gasteiger partial charge in [0.25, 0.3) is 0 Å². The number of carboxylic acids is 1. The minimum atomic E-state index is -1.30. The van der Waals surface area contributed by atoms with E-state index >= 15 is 0 Å². The second kappa shape index (κ2) is 5.52. The van der Waals surface area contributed by atoms with Crippen molar-refractivity contribution in [2.75, 3.05) is 0 Å². The van der Waals surface area contributed by atoms with Crippen molar-refractivity contribution in [1.82, 2.24) is 0 Å². The molecular weight excluding hydrogens is 229 g/mol. The molecule has 0 aliphatic heterocycles. The molecule has 3 nitrogen and oxygen atoms in total. The number of nitriles is 1. The smallest absolute Gasteiger partial charge is 0.338 e. The van der Waals surface area contributed by atoms with Crippen molar-refractivity contribution in [1.29, 1.82) is 5.26 Å². The van der Waals surface area contributed by atoms with Gasteiger partial charge in [-0.25, -0.2) is 9.18 Å². The Morgan fingerprint density at radius 2 is 2.38 bits per heavy atom. The topological polar surface area (TPSA) is 61.1 Å². The van der Waals surface area contributed by atoms with Gasteiger partial charge in [-0.05, 0) is 24.6 Å². The van der Waals surface area contributed by atoms with Crippen LogP contribution in [0.3, 0.4) is 0 Å². The summed E-state index contributed by atoms with van der Waals surface area (Å²) in [5, 5.41) is 17.2. The molecule has 5 heteroatoms. The molecule has 1 aromatic rings. The van der Waals surface area contributed by atoms with Gasteiger partial charge in [0.05, 0.1) is 16.9 Å². The van der Waals surface area contributed by atoms with E-state index in [9.17, 15) is 9.18 Å². The summed E-state index contributed by atoms with van der Waals surface area (Å²) in [5.41, 5.74) is -0.363. The van der Waals surface area contributed by atoms with Gasteiger partial charge in [-0.15, -0.1) is 11.8 Å². The molecule has 0 heterocycles. The van der Waals surface area contributed by atoms with Crippen LogP contribution in [0.25, 0.3) is 0 Å². The van der Waals surface area contributed by atoms with Gasteiger partial charge < -0.3 is 5.11 Å². The number of thioether (sulfide) groups is 1. The Morgan fingerprint density at radius 1 is 1.69 bits per heavy atom. The highest BCUT2D eigenvalue weighted by molar-refractivity contribution is 8.00. The third-order valence-corrected chi connectivity index (χ3v) is 3.21. The Hall–Kier alpha value is -1.54. The van der Waals surface area contributed by atoms with Gasteiger partial charge in [-0.2, -0.15) is 5.26 Å². The zero-order valence-corrected chi connectivity index (χ0v) is 9.42. The lowest BCUT2D eigenvalue weighted by atomic mass is 10.2. The molecule has 0 spiro atoms. The molecule has 0 amide bonds. The Labute approximate surface area is 96.9 Å². The van der Waals surface area contributed by atoms with Crippen LogP contribution < -0.4 is 0 Å². The number of hydrogen-bond acceptors (Lipinski definition) is 3. The molecule has 0 radical (unpaired) electrons. The summed E-state index contributed by atoms with van der Waals surface area (Å²) in [7, 11) is 0. The van der Waals surface area contributed by atoms with E-state index in [-0.39, 0.29) is 10.8 Å². The van der Waals surface area contributed by atoms with Crippen molar-refractivity contribution >= 4 is 17.7 Å². The van der Waals surface area contributed by atoms with Crippen LogP contribution in [0, 0.1) is 17.1 Å². The Morgan fingerprint density at radius 3 is 2.88 bits per heavy atom. The van der Waals surface area contributed by atoms with Gasteiger partial charge >= 0.3 is 5.97 Å². The highest BCUT2D eigenvalue weighted by Gasteiger charge is 2.13. The highest BCUT2D eigenvalue weighted by Crippen LogP contribution is 2.26. The average Bonchev–Trinajstić information content (AvgIpc) is 2.27. The molecule has 1 aromatic carbocycles. The van der Waals surface area contributed by atoms with E-state index in [0.717, 1.165) is 6.07 Å². The molecule has 0 aromatic heterocycles. The number of carboxylic acid groups (broad SMARTS) is 1. The van der Waals surface area contributed by atoms with Crippen molar-refractivity contribution in [3.8, 4) is 6.07 Å². The zero-order chi connectivity index (χ0) is 12.1. The Kier molecular flexibility index (Phi) is 4.32. The third kappa shape index (κ3) is 2.97. The standard InChI is InChI=1S/C11H10FNO2S/c1-2-7(6-13)16-8-3-4-10(12)9(5-8)11(14)15/h3-5,7H,2H2,1H3,(H,14,15). The second-order valence-electron chi connectivity index (χ2n) is 3.09. The van der Waals surface area contributed by atoms with Gasteiger partial charge in [0.15, 0.2) is 0 Å². The van der Waals surface area contributed by atoms with Crippen LogP contribution in [-0.4, -0.2) is 16.3 Å². The van der Waals surface area contributed by atoms with Crippen LogP contribution in [0.2, 0.25) is 0 Å². The maximum absolute atomic E-state index is 13.1. The van der Waals surface area contributed by atoms with Crippen LogP contribution in [0.4, 0.5) is 4.39 Å². The average molecular weight is 239 g/mol. The molecule has 0 fully saturated rings. The van der Waals surface area contributed by atoms with Crippen molar-refractivity contribution in [2.24, 2.45) is 0 Å². The summed E-state index contributed by atoms with van der Waals surface area (Å²) in [6.07, 6.45) is 0.654. The van der Waals surface area contributed by atoms with Crippen molar-refractivity contribution in [2.45, 2.75) is 23.5 Å². The fourth-order valence-electron chi connectivity index (χ4n) is 1.11. The van der Waals surface area contributed by atoms with Crippen molar-refractivity contribution in [3.63, 3.8) is 0 Å². The van der Waals surface area contributed by atoms with Crippen molar-refractivity contribution in [3.05, 3.63) is 29.6 Å². The van der Waals surface area contributed by atoms with Gasteiger partial charge in [-0.1, -0.05) is 6.92 Å². The molecule has 0 saturated carbocycles. The number of rotatable bonds is 4. The van der Waals surface area contributed by atoms with Gasteiger partial charge in [0.1, 0.15) is 5.82 Å². The predicted octanol–water partition coefficient (Wildman–Crippen LogP) is 2.92. The molecule has 0 saturated heterocycles. The highest BCUT2D eigenvalue weighted by atomic mass is 32.2. The molecule has 0 bridgehead atoms. The lowest BCUT2D eigenvalue weighted by Gasteiger charge is -2.06. The van der Waals surface area contributed by atoms with Crippen LogP contribution in [0.5, 0.6) is 0 Å². The first-order chi connectivity index (χ1) is 7.58. The SMILES string of the molecule is CCC(C#N)Sc1ccc(F)c(C(=O)O)c1. The first kappa shape index (κ1) is 12.5. The van der Waals surface area contributed by atoms with E-state index < -0.39 is 11.8 Å². The Bertz CT molecular complexity index is 442. The van der Waals surface area contributed by atoms with E-state index in [2.05, 4.69) is 6.07 Å². The largest absolute Gasteiger partial charge is 0.478 e. The molecule has 1 atom stereocenters. The fourth-order valence-corrected chi connectivity index (χ4v) is 1.99. The molecule has 84 valence electrons. The lowest BCUT2D eigenvalue weighted by molar-refractivity contribution is 0.0691. The summed E-state index contributed by atoms with van der Waals surface area (Å²) in [4.78, 5) is 11.3. The number of nitrogens with zero attached hydrogens (tertiary/aromatic N) is 1. The normalized spacial score (nSPS) is 11.8. The van der Waals surface area contributed by atoms with Crippen LogP contribution in [-0.2, 0) is 0 Å². The van der Waals surface area contributed by atoms with E-state index in [1.54, 1.807) is 0 Å². The maximum Gasteiger partial charge on any atom is 0.338 e. The van der Waals surface area contributed by atoms with E-state index in [4.69, 9.17) is 10.4 Å². The van der Waals surface area contributed by atoms with Crippen molar-refractivity contribution < 1.29 is 14.3 Å². The van der Waals surface area contributed by atoms with Gasteiger partial charge in [0, 0.05) is 4.90 Å². The molecular formula is C11H10FNO2S. The Balaban J connectivity index is 2.96. The summed E-state index contributed by atoms with van der Waals surface area (Å²) in [5.74, 6) is -2.06. The molecule has 1 N–H and O–H groups in total. The van der Waals surface area contributed by atoms with E-state index in [0.29, 0.717) is 11.3 Å². The molecule has 1 rings (SSSR count). The predicted molar refractivity (Wildman–Crippen MR) is 58.9 cm³/mol. The minimum Gasteiger partial charge on any atom is -0.478 e. The number of halogens is 1.